The van der Waals surface area contributed by atoms with Crippen molar-refractivity contribution in [3.8, 4) is 0 Å². The van der Waals surface area contributed by atoms with Crippen LogP contribution in [0.2, 0.25) is 0 Å². The van der Waals surface area contributed by atoms with E-state index in [1.54, 1.807) is 18.5 Å². The molecule has 6 heteroatoms. The number of benzene rings is 1. The van der Waals surface area contributed by atoms with Crippen LogP contribution in [0.3, 0.4) is 0 Å². The van der Waals surface area contributed by atoms with Crippen LogP contribution in [0.4, 0.5) is 14.5 Å². The van der Waals surface area contributed by atoms with Crippen LogP contribution >= 0.6 is 11.8 Å². The summed E-state index contributed by atoms with van der Waals surface area (Å²) in [4.78, 5) is 11.8. The molecule has 0 bridgehead atoms. The van der Waals surface area contributed by atoms with Gasteiger partial charge in [-0.1, -0.05) is 6.07 Å². The van der Waals surface area contributed by atoms with Crippen LogP contribution in [0.25, 0.3) is 0 Å². The van der Waals surface area contributed by atoms with Gasteiger partial charge in [0.05, 0.1) is 5.69 Å². The van der Waals surface area contributed by atoms with E-state index >= 15 is 0 Å². The predicted molar refractivity (Wildman–Crippen MR) is 68.1 cm³/mol. The maximum atomic E-state index is 13.5. The molecule has 92 valence electrons. The van der Waals surface area contributed by atoms with Gasteiger partial charge in [0.25, 0.3) is 0 Å². The summed E-state index contributed by atoms with van der Waals surface area (Å²) in [5, 5.41) is 0.432. The molecule has 18 heavy (non-hydrogen) atoms. The maximum absolute atomic E-state index is 13.5. The Labute approximate surface area is 107 Å². The van der Waals surface area contributed by atoms with Crippen molar-refractivity contribution in [2.75, 3.05) is 6.26 Å². The summed E-state index contributed by atoms with van der Waals surface area (Å²) < 4.78 is 26.9. The Morgan fingerprint density at radius 2 is 1.94 bits per heavy atom. The molecule has 3 nitrogen and oxygen atoms in total. The molecular formula is C12H9F2N3S. The number of aromatic nitrogens is 2. The van der Waals surface area contributed by atoms with Gasteiger partial charge in [0, 0.05) is 6.20 Å². The van der Waals surface area contributed by atoms with E-state index in [0.717, 1.165) is 0 Å². The third-order valence-corrected chi connectivity index (χ3v) is 2.83. The smallest absolute Gasteiger partial charge is 0.151 e. The summed E-state index contributed by atoms with van der Waals surface area (Å²) in [6.45, 7) is 0. The van der Waals surface area contributed by atoms with Crippen molar-refractivity contribution in [3.05, 3.63) is 54.1 Å². The lowest BCUT2D eigenvalue weighted by atomic mass is 10.3. The second kappa shape index (κ2) is 5.68. The first-order chi connectivity index (χ1) is 8.72. The van der Waals surface area contributed by atoms with E-state index in [1.807, 2.05) is 0 Å². The number of hydrogen-bond donors (Lipinski definition) is 0. The van der Waals surface area contributed by atoms with Gasteiger partial charge < -0.3 is 0 Å². The molecule has 0 aliphatic carbocycles. The molecular weight excluding hydrogens is 256 g/mol. The van der Waals surface area contributed by atoms with Crippen molar-refractivity contribution in [1.82, 2.24) is 9.97 Å². The lowest BCUT2D eigenvalue weighted by molar-refractivity contribution is 0.587. The molecule has 1 aromatic heterocycles. The quantitative estimate of drug-likeness (QED) is 0.618. The predicted octanol–water partition coefficient (Wildman–Crippen LogP) is 3.20. The van der Waals surface area contributed by atoms with E-state index in [4.69, 9.17) is 0 Å². The largest absolute Gasteiger partial charge is 0.245 e. The Morgan fingerprint density at radius 1 is 1.22 bits per heavy atom. The van der Waals surface area contributed by atoms with Crippen LogP contribution in [0.15, 0.2) is 41.8 Å². The molecule has 0 unspecified atom stereocenters. The fourth-order valence-electron chi connectivity index (χ4n) is 1.32. The molecule has 1 heterocycles. The number of thioether (sulfide) groups is 1. The Kier molecular flexibility index (Phi) is 3.99. The highest BCUT2D eigenvalue weighted by Crippen LogP contribution is 2.24. The van der Waals surface area contributed by atoms with Crippen molar-refractivity contribution in [3.63, 3.8) is 0 Å². The Morgan fingerprint density at radius 3 is 2.50 bits per heavy atom. The zero-order valence-corrected chi connectivity index (χ0v) is 10.3. The summed E-state index contributed by atoms with van der Waals surface area (Å²) >= 11 is 1.26. The van der Waals surface area contributed by atoms with E-state index in [-0.39, 0.29) is 5.69 Å². The minimum atomic E-state index is -0.699. The maximum Gasteiger partial charge on any atom is 0.151 e. The highest BCUT2D eigenvalue weighted by atomic mass is 32.2. The lowest BCUT2D eigenvalue weighted by Crippen LogP contribution is -1.99. The number of aliphatic imine (C=N–C) groups is 1. The van der Waals surface area contributed by atoms with Crippen molar-refractivity contribution < 1.29 is 8.78 Å². The number of para-hydroxylation sites is 1. The first kappa shape index (κ1) is 12.6. The summed E-state index contributed by atoms with van der Waals surface area (Å²) in [5.41, 5.74) is 0.223. The molecule has 0 spiro atoms. The van der Waals surface area contributed by atoms with Gasteiger partial charge in [0.2, 0.25) is 0 Å². The summed E-state index contributed by atoms with van der Waals surface area (Å²) in [5.74, 6) is -1.40. The van der Waals surface area contributed by atoms with Gasteiger partial charge in [0.15, 0.2) is 11.6 Å². The van der Waals surface area contributed by atoms with Crippen LogP contribution < -0.4 is 0 Å². The summed E-state index contributed by atoms with van der Waals surface area (Å²) in [6.07, 6.45) is 4.67. The van der Waals surface area contributed by atoms with Gasteiger partial charge in [0.1, 0.15) is 17.1 Å². The molecule has 0 amide bonds. The zero-order valence-electron chi connectivity index (χ0n) is 9.47. The summed E-state index contributed by atoms with van der Waals surface area (Å²) in [7, 11) is 0. The zero-order chi connectivity index (χ0) is 13.0. The normalized spacial score (nSPS) is 11.6. The first-order valence-corrected chi connectivity index (χ1v) is 6.28. The molecule has 0 N–H and O–H groups in total. The van der Waals surface area contributed by atoms with Gasteiger partial charge in [-0.3, -0.25) is 0 Å². The monoisotopic (exact) mass is 265 g/mol. The molecule has 2 aromatic rings. The average Bonchev–Trinajstić information content (AvgIpc) is 2.40. The first-order valence-electron chi connectivity index (χ1n) is 5.05. The van der Waals surface area contributed by atoms with E-state index in [2.05, 4.69) is 15.0 Å². The van der Waals surface area contributed by atoms with Crippen molar-refractivity contribution in [2.45, 2.75) is 0 Å². The van der Waals surface area contributed by atoms with Gasteiger partial charge >= 0.3 is 0 Å². The molecule has 0 fully saturated rings. The Bertz CT molecular complexity index is 553. The van der Waals surface area contributed by atoms with Gasteiger partial charge in [-0.2, -0.15) is 0 Å². The second-order valence-corrected chi connectivity index (χ2v) is 4.08. The van der Waals surface area contributed by atoms with Crippen LogP contribution in [0.5, 0.6) is 0 Å². The van der Waals surface area contributed by atoms with Gasteiger partial charge in [-0.05, 0) is 24.5 Å². The number of hydrogen-bond acceptors (Lipinski definition) is 4. The van der Waals surface area contributed by atoms with E-state index in [1.165, 1.54) is 36.3 Å². The topological polar surface area (TPSA) is 38.1 Å². The van der Waals surface area contributed by atoms with Gasteiger partial charge in [-0.25, -0.2) is 23.7 Å². The Hall–Kier alpha value is -1.82. The number of halogens is 2. The Balaban J connectivity index is 2.48. The van der Waals surface area contributed by atoms with Crippen LogP contribution in [-0.4, -0.2) is 21.3 Å². The molecule has 2 rings (SSSR count). The minimum absolute atomic E-state index is 0.305. The highest BCUT2D eigenvalue weighted by molar-refractivity contribution is 8.13. The summed E-state index contributed by atoms with van der Waals surface area (Å²) in [6, 6.07) is 5.26. The minimum Gasteiger partial charge on any atom is -0.245 e. The third-order valence-electron chi connectivity index (χ3n) is 2.15. The number of rotatable bonds is 2. The average molecular weight is 265 g/mol. The van der Waals surface area contributed by atoms with Crippen LogP contribution in [-0.2, 0) is 0 Å². The van der Waals surface area contributed by atoms with E-state index < -0.39 is 11.6 Å². The third kappa shape index (κ3) is 2.70. The van der Waals surface area contributed by atoms with Crippen molar-refractivity contribution in [2.24, 2.45) is 4.99 Å². The molecule has 0 saturated heterocycles. The molecule has 0 aliphatic heterocycles. The van der Waals surface area contributed by atoms with E-state index in [9.17, 15) is 8.78 Å². The van der Waals surface area contributed by atoms with Crippen molar-refractivity contribution in [1.29, 1.82) is 0 Å². The molecule has 0 radical (unpaired) electrons. The highest BCUT2D eigenvalue weighted by Gasteiger charge is 2.10. The second-order valence-electron chi connectivity index (χ2n) is 3.29. The lowest BCUT2D eigenvalue weighted by Gasteiger charge is -2.03. The molecule has 0 saturated carbocycles. The molecule has 1 aromatic carbocycles. The molecule has 0 aliphatic rings. The van der Waals surface area contributed by atoms with E-state index in [0.29, 0.717) is 10.7 Å². The van der Waals surface area contributed by atoms with Crippen molar-refractivity contribution >= 4 is 22.5 Å². The fourth-order valence-corrected chi connectivity index (χ4v) is 1.83. The standard InChI is InChI=1S/C12H9F2N3S/c1-18-12(10-5-6-15-7-16-10)17-11-8(13)3-2-4-9(11)14/h2-7H,1H3/b17-12-. The van der Waals surface area contributed by atoms with Crippen LogP contribution in [0.1, 0.15) is 5.69 Å². The van der Waals surface area contributed by atoms with Crippen LogP contribution in [0, 0.1) is 11.6 Å². The van der Waals surface area contributed by atoms with Gasteiger partial charge in [-0.15, -0.1) is 11.8 Å². The number of nitrogens with zero attached hydrogens (tertiary/aromatic N) is 3. The fraction of sp³-hybridized carbons (Fsp3) is 0.0833. The molecule has 0 atom stereocenters. The SMILES string of the molecule is CS/C(=N\c1c(F)cccc1F)c1ccncn1.